The maximum Gasteiger partial charge on any atom is 0.284 e. The van der Waals surface area contributed by atoms with Crippen molar-refractivity contribution in [2.45, 2.75) is 19.1 Å². The summed E-state index contributed by atoms with van der Waals surface area (Å²) in [5, 5.41) is 13.2. The third-order valence-electron chi connectivity index (χ3n) is 3.15. The summed E-state index contributed by atoms with van der Waals surface area (Å²) >= 11 is 0. The van der Waals surface area contributed by atoms with Crippen molar-refractivity contribution in [1.82, 2.24) is 14.9 Å². The van der Waals surface area contributed by atoms with E-state index in [0.29, 0.717) is 13.1 Å². The van der Waals surface area contributed by atoms with E-state index in [1.54, 1.807) is 10.8 Å². The highest BCUT2D eigenvalue weighted by molar-refractivity contribution is 5.89. The molecular weight excluding hydrogens is 268 g/mol. The number of nitrogens with zero attached hydrogens (tertiary/aromatic N) is 2. The second-order valence-corrected chi connectivity index (χ2v) is 4.74. The monoisotopic (exact) mass is 287 g/mol. The number of nitrogens with two attached hydrogens (primary N) is 1. The van der Waals surface area contributed by atoms with Gasteiger partial charge in [-0.3, -0.25) is 4.79 Å². The normalized spacial score (nSPS) is 12.2. The average molecular weight is 287 g/mol. The zero-order valence-electron chi connectivity index (χ0n) is 11.7. The quantitative estimate of drug-likeness (QED) is 0.616. The fraction of sp³-hybridized carbons (Fsp3) is 0.333. The number of hydrogen-bond donors (Lipinski definition) is 3. The lowest BCUT2D eigenvalue weighted by Crippen LogP contribution is -2.24. The molecule has 1 unspecified atom stereocenters. The van der Waals surface area contributed by atoms with Crippen LogP contribution in [0.2, 0.25) is 0 Å². The zero-order valence-corrected chi connectivity index (χ0v) is 11.7. The van der Waals surface area contributed by atoms with E-state index in [1.807, 2.05) is 30.3 Å². The summed E-state index contributed by atoms with van der Waals surface area (Å²) in [5.41, 5.74) is 6.10. The van der Waals surface area contributed by atoms with Gasteiger partial charge in [-0.25, -0.2) is 4.98 Å². The van der Waals surface area contributed by atoms with E-state index in [1.165, 1.54) is 0 Å². The van der Waals surface area contributed by atoms with E-state index < -0.39 is 12.0 Å². The van der Waals surface area contributed by atoms with Crippen LogP contribution in [0, 0.1) is 6.20 Å². The van der Waals surface area contributed by atoms with Crippen molar-refractivity contribution in [1.29, 1.82) is 0 Å². The summed E-state index contributed by atoms with van der Waals surface area (Å²) in [7, 11) is 0. The van der Waals surface area contributed by atoms with E-state index >= 15 is 0 Å². The van der Waals surface area contributed by atoms with Gasteiger partial charge in [-0.15, -0.1) is 0 Å². The maximum atomic E-state index is 11.1. The van der Waals surface area contributed by atoms with Gasteiger partial charge in [0.2, 0.25) is 0 Å². The second kappa shape index (κ2) is 7.56. The smallest absolute Gasteiger partial charge is 0.284 e. The summed E-state index contributed by atoms with van der Waals surface area (Å²) in [6.07, 6.45) is 4.50. The molecule has 1 aromatic heterocycles. The first-order chi connectivity index (χ1) is 10.2. The number of aliphatic hydroxyl groups is 1. The lowest BCUT2D eigenvalue weighted by Gasteiger charge is -2.12. The highest BCUT2D eigenvalue weighted by Gasteiger charge is 2.08. The zero-order chi connectivity index (χ0) is 15.1. The molecule has 1 aromatic carbocycles. The molecule has 6 heteroatoms. The van der Waals surface area contributed by atoms with Gasteiger partial charge in [0.1, 0.15) is 6.20 Å². The summed E-state index contributed by atoms with van der Waals surface area (Å²) in [4.78, 5) is 14.9. The number of aliphatic hydroxyl groups excluding tert-OH is 1. The lowest BCUT2D eigenvalue weighted by molar-refractivity contribution is 0.0986. The van der Waals surface area contributed by atoms with Crippen LogP contribution in [-0.4, -0.2) is 33.7 Å². The first-order valence-corrected chi connectivity index (χ1v) is 6.85. The molecule has 0 saturated carbocycles. The number of hydrogen-bond acceptors (Lipinski definition) is 4. The van der Waals surface area contributed by atoms with Crippen molar-refractivity contribution >= 4 is 5.91 Å². The van der Waals surface area contributed by atoms with Crippen molar-refractivity contribution < 1.29 is 9.90 Å². The van der Waals surface area contributed by atoms with Gasteiger partial charge in [-0.2, -0.15) is 0 Å². The third kappa shape index (κ3) is 4.40. The molecule has 1 heterocycles. The Morgan fingerprint density at radius 2 is 2.19 bits per heavy atom. The number of aryl methyl sites for hydroxylation is 1. The molecule has 0 aliphatic heterocycles. The van der Waals surface area contributed by atoms with Crippen molar-refractivity contribution in [2.24, 2.45) is 5.73 Å². The molecule has 0 fully saturated rings. The molecular formula is C15H19N4O2. The van der Waals surface area contributed by atoms with Gasteiger partial charge >= 0.3 is 0 Å². The molecule has 1 amide bonds. The molecule has 2 aromatic rings. The number of rotatable bonds is 8. The first kappa shape index (κ1) is 15.2. The highest BCUT2D eigenvalue weighted by Crippen LogP contribution is 2.10. The third-order valence-corrected chi connectivity index (χ3v) is 3.15. The van der Waals surface area contributed by atoms with Crippen LogP contribution in [-0.2, 0) is 6.54 Å². The molecule has 2 rings (SSSR count). The molecule has 1 radical (unpaired) electrons. The maximum absolute atomic E-state index is 11.1. The summed E-state index contributed by atoms with van der Waals surface area (Å²) < 4.78 is 1.68. The molecule has 0 aliphatic carbocycles. The Labute approximate surface area is 123 Å². The van der Waals surface area contributed by atoms with Crippen LogP contribution in [0.4, 0.5) is 0 Å². The molecule has 1 atom stereocenters. The Bertz CT molecular complexity index is 568. The SMILES string of the molecule is NC(=O)c1n[c]cn1CCCNCC(O)c1ccccc1. The molecule has 6 nitrogen and oxygen atoms in total. The van der Waals surface area contributed by atoms with Crippen molar-refractivity contribution in [3.8, 4) is 0 Å². The molecule has 0 spiro atoms. The minimum absolute atomic E-state index is 0.222. The predicted octanol–water partition coefficient (Wildman–Crippen LogP) is 0.495. The molecule has 0 bridgehead atoms. The number of benzene rings is 1. The largest absolute Gasteiger partial charge is 0.387 e. The second-order valence-electron chi connectivity index (χ2n) is 4.74. The van der Waals surface area contributed by atoms with E-state index in [0.717, 1.165) is 18.5 Å². The molecule has 0 saturated heterocycles. The predicted molar refractivity (Wildman–Crippen MR) is 78.5 cm³/mol. The summed E-state index contributed by atoms with van der Waals surface area (Å²) in [6, 6.07) is 9.51. The Morgan fingerprint density at radius 1 is 1.43 bits per heavy atom. The van der Waals surface area contributed by atoms with Gasteiger partial charge in [0, 0.05) is 19.3 Å². The van der Waals surface area contributed by atoms with E-state index in [9.17, 15) is 9.90 Å². The van der Waals surface area contributed by atoms with Crippen molar-refractivity contribution in [3.63, 3.8) is 0 Å². The molecule has 0 aliphatic rings. The minimum Gasteiger partial charge on any atom is -0.387 e. The lowest BCUT2D eigenvalue weighted by atomic mass is 10.1. The number of carbonyl (C=O) groups is 1. The van der Waals surface area contributed by atoms with Gasteiger partial charge in [0.15, 0.2) is 5.82 Å². The topological polar surface area (TPSA) is 93.2 Å². The standard InChI is InChI=1S/C15H19N4O2/c16-14(21)15-18-8-10-19(15)9-4-7-17-11-13(20)12-5-2-1-3-6-12/h1-3,5-6,10,13,17,20H,4,7,9,11H2,(H2,16,21). The number of amides is 1. The van der Waals surface area contributed by atoms with Gasteiger partial charge in [0.05, 0.1) is 6.10 Å². The van der Waals surface area contributed by atoms with E-state index in [-0.39, 0.29) is 5.82 Å². The number of nitrogens with one attached hydrogen (secondary N) is 1. The number of carbonyl (C=O) groups excluding carboxylic acids is 1. The Morgan fingerprint density at radius 3 is 2.90 bits per heavy atom. The fourth-order valence-electron chi connectivity index (χ4n) is 2.06. The molecule has 4 N–H and O–H groups in total. The van der Waals surface area contributed by atoms with Crippen LogP contribution in [0.3, 0.4) is 0 Å². The van der Waals surface area contributed by atoms with Gasteiger partial charge < -0.3 is 20.7 Å². The Balaban J connectivity index is 1.68. The van der Waals surface area contributed by atoms with E-state index in [2.05, 4.69) is 16.5 Å². The van der Waals surface area contributed by atoms with Crippen LogP contribution in [0.1, 0.15) is 28.7 Å². The number of imidazole rings is 1. The van der Waals surface area contributed by atoms with E-state index in [4.69, 9.17) is 5.73 Å². The average Bonchev–Trinajstić information content (AvgIpc) is 2.96. The van der Waals surface area contributed by atoms with Crippen LogP contribution >= 0.6 is 0 Å². The van der Waals surface area contributed by atoms with Gasteiger partial charge in [0.25, 0.3) is 5.91 Å². The Kier molecular flexibility index (Phi) is 5.48. The van der Waals surface area contributed by atoms with Crippen molar-refractivity contribution in [3.05, 3.63) is 54.1 Å². The Hall–Kier alpha value is -2.18. The number of primary amides is 1. The van der Waals surface area contributed by atoms with Crippen LogP contribution in [0.15, 0.2) is 36.5 Å². The summed E-state index contributed by atoms with van der Waals surface area (Å²) in [6.45, 7) is 1.84. The van der Waals surface area contributed by atoms with Crippen molar-refractivity contribution in [2.75, 3.05) is 13.1 Å². The molecule has 21 heavy (non-hydrogen) atoms. The highest BCUT2D eigenvalue weighted by atomic mass is 16.3. The summed E-state index contributed by atoms with van der Waals surface area (Å²) in [5.74, 6) is -0.331. The van der Waals surface area contributed by atoms with Gasteiger partial charge in [-0.05, 0) is 18.5 Å². The van der Waals surface area contributed by atoms with Crippen LogP contribution < -0.4 is 11.1 Å². The fourth-order valence-corrected chi connectivity index (χ4v) is 2.06. The van der Waals surface area contributed by atoms with Crippen LogP contribution in [0.25, 0.3) is 0 Å². The number of aromatic nitrogens is 2. The minimum atomic E-state index is -0.552. The molecule has 111 valence electrons. The first-order valence-electron chi connectivity index (χ1n) is 6.85. The van der Waals surface area contributed by atoms with Crippen LogP contribution in [0.5, 0.6) is 0 Å². The van der Waals surface area contributed by atoms with Gasteiger partial charge in [-0.1, -0.05) is 30.3 Å².